The fourth-order valence-corrected chi connectivity index (χ4v) is 14.3. The molecule has 4 amide bonds. The molecule has 6 aromatic rings. The number of nitrogens with one attached hydrogen (secondary N) is 5. The van der Waals surface area contributed by atoms with Gasteiger partial charge in [-0.05, 0) is 189 Å². The molecule has 7 aliphatic rings. The molecule has 4 saturated carbocycles. The number of benzene rings is 6. The van der Waals surface area contributed by atoms with Gasteiger partial charge >= 0.3 is 24.0 Å². The summed E-state index contributed by atoms with van der Waals surface area (Å²) in [6.07, 6.45) is 6.91. The number of methoxy groups -OCH3 is 3. The molecule has 28 heteroatoms. The van der Waals surface area contributed by atoms with E-state index in [-0.39, 0.29) is 119 Å². The van der Waals surface area contributed by atoms with Crippen molar-refractivity contribution in [1.29, 1.82) is 0 Å². The molecule has 3 heterocycles. The summed E-state index contributed by atoms with van der Waals surface area (Å²) in [5, 5.41) is 25.6. The summed E-state index contributed by atoms with van der Waals surface area (Å²) in [5.41, 5.74) is 9.51. The summed E-state index contributed by atoms with van der Waals surface area (Å²) < 4.78 is 48.2. The minimum absolute atomic E-state index is 0. The number of halogens is 1. The molecule has 0 aromatic heterocycles. The number of aliphatic hydroxyl groups is 1. The van der Waals surface area contributed by atoms with E-state index in [9.17, 15) is 38.7 Å². The lowest BCUT2D eigenvalue weighted by Crippen LogP contribution is -2.65. The molecule has 7 fully saturated rings. The van der Waals surface area contributed by atoms with Crippen LogP contribution in [0.5, 0.6) is 0 Å². The first-order valence-electron chi connectivity index (χ1n) is 44.6. The molecule has 8 N–H and O–H groups in total. The third-order valence-electron chi connectivity index (χ3n) is 22.3. The average molecular weight is 1830 g/mol. The predicted octanol–water partition coefficient (Wildman–Crippen LogP) is 13.6. The monoisotopic (exact) mass is 1830 g/mol. The zero-order valence-electron chi connectivity index (χ0n) is 79.0. The van der Waals surface area contributed by atoms with E-state index >= 15 is 0 Å². The standard InChI is InChI=1S/C27H34N2O6.C18H24N2O3.C18H28N2O.C15H23NO3.C14H20N2O.C8H17NO3.2CH4.ClH/c1-26(2,3)35-19-22(23(30)33-4)29(17-20-11-7-5-8-12-20)24(31)27(15-16-27)28-25(32)34-18-21-13-9-6-10-14-21;1-17(2,3)23-12-14-15(21)19-18(9-10-18)16(22)20(14)11-13-7-5-4-6-8-13;1-17(2,3)21-13-16-11-19-18(9-10-18)14-20(16)12-15-7-5-4-6-8-15;1-15(2,3)19-11-13(14(17)18-4)16-10-12-8-6-5-7-9-12;17-10-13-8-15-14(6-7-14)11-16(13)9-12-4-2-1-3-5-12;1-8(2,3)12-5-6(9)7(10)11-4;;;/h5-14,22H,15-19H2,1-4H3,(H,28,32);4-8,14H,9-12H2,1-3H3,(H,19,21);4-8,16,19H,9-14H2,1-3H3;5-9,13,16H,10-11H2,1-4H3;1-5,13,15,17H,6-11H2;6H,5,9H2,1-4H3;2*1H4;1H/t22-;14-;16-;2*13-;6-;;;/m001010.../s1. The molecule has 3 aliphatic heterocycles. The molecule has 3 spiro atoms. The summed E-state index contributed by atoms with van der Waals surface area (Å²) in [6, 6.07) is 57.7. The molecule has 6 aromatic carbocycles. The van der Waals surface area contributed by atoms with E-state index < -0.39 is 58.9 Å². The van der Waals surface area contributed by atoms with Gasteiger partial charge in [0.1, 0.15) is 35.8 Å². The highest BCUT2D eigenvalue weighted by atomic mass is 35.5. The normalized spacial score (nSPS) is 19.0. The number of nitrogens with zero attached hydrogens (tertiary/aromatic N) is 4. The molecule has 722 valence electrons. The van der Waals surface area contributed by atoms with Crippen LogP contribution in [0.3, 0.4) is 0 Å². The smallest absolute Gasteiger partial charge is 0.408 e. The van der Waals surface area contributed by atoms with Gasteiger partial charge in [0.15, 0.2) is 6.04 Å². The van der Waals surface area contributed by atoms with E-state index in [0.29, 0.717) is 49.7 Å². The quantitative estimate of drug-likeness (QED) is 0.0163. The third kappa shape index (κ3) is 38.8. The van der Waals surface area contributed by atoms with Gasteiger partial charge in [-0.3, -0.25) is 39.1 Å². The number of piperazine rings is 3. The van der Waals surface area contributed by atoms with Crippen LogP contribution in [0.25, 0.3) is 0 Å². The molecule has 27 nitrogen and oxygen atoms in total. The first-order chi connectivity index (χ1) is 60.0. The van der Waals surface area contributed by atoms with E-state index in [4.69, 9.17) is 43.6 Å². The SMILES string of the molecule is C.C.CC(C)(C)OC[C@H]1C(=O)NC2(CC2)C(=O)N1Cc1ccccc1.CC(C)(C)OC[C@H]1CNC2(CC2)CN1Cc1ccccc1.COC(=O)[C@@H](N)COC(C)(C)C.COC(=O)[C@H](COC(C)(C)C)N(Cc1ccccc1)C(=O)C1(NC(=O)OCc2ccccc2)CC1.COC(=O)[C@H](COC(C)(C)C)NCc1ccccc1.Cl.OC[C@H]1CNC2(CC2)CN1Cc1ccccc1. The summed E-state index contributed by atoms with van der Waals surface area (Å²) in [6.45, 7) is 38.6. The van der Waals surface area contributed by atoms with Gasteiger partial charge in [0.2, 0.25) is 17.7 Å². The van der Waals surface area contributed by atoms with Gasteiger partial charge in [0, 0.05) is 82.1 Å². The van der Waals surface area contributed by atoms with E-state index in [1.165, 1.54) is 63.0 Å². The van der Waals surface area contributed by atoms with Gasteiger partial charge in [-0.1, -0.05) is 197 Å². The number of alkyl carbamates (subject to hydrolysis) is 1. The molecule has 130 heavy (non-hydrogen) atoms. The van der Waals surface area contributed by atoms with Crippen molar-refractivity contribution in [2.75, 3.05) is 87.1 Å². The summed E-state index contributed by atoms with van der Waals surface area (Å²) in [4.78, 5) is 95.2. The summed E-state index contributed by atoms with van der Waals surface area (Å²) >= 11 is 0. The molecule has 3 saturated heterocycles. The Morgan fingerprint density at radius 2 is 0.877 bits per heavy atom. The number of esters is 3. The van der Waals surface area contributed by atoms with Gasteiger partial charge in [-0.25, -0.2) is 9.59 Å². The van der Waals surface area contributed by atoms with Crippen LogP contribution in [0.15, 0.2) is 182 Å². The number of carbonyl (C=O) groups excluding carboxylic acids is 7. The van der Waals surface area contributed by atoms with E-state index in [2.05, 4.69) is 116 Å². The fraction of sp³-hybridized carbons (Fsp3) is 0.578. The van der Waals surface area contributed by atoms with Crippen LogP contribution < -0.4 is 32.3 Å². The topological polar surface area (TPSA) is 322 Å². The number of rotatable bonds is 30. The van der Waals surface area contributed by atoms with Crippen molar-refractivity contribution in [2.24, 2.45) is 5.73 Å². The van der Waals surface area contributed by atoms with Crippen LogP contribution in [-0.4, -0.2) is 240 Å². The molecule has 0 unspecified atom stereocenters. The lowest BCUT2D eigenvalue weighted by Gasteiger charge is -2.41. The Hall–Kier alpha value is -8.78. The molecular formula is C102H155ClN10O17. The van der Waals surface area contributed by atoms with Gasteiger partial charge in [0.05, 0.1) is 89.0 Å². The third-order valence-corrected chi connectivity index (χ3v) is 22.3. The average Bonchev–Trinajstić information content (AvgIpc) is 1.58. The maximum absolute atomic E-state index is 13.8. The highest BCUT2D eigenvalue weighted by Crippen LogP contribution is 2.43. The van der Waals surface area contributed by atoms with E-state index in [1.807, 2.05) is 210 Å². The largest absolute Gasteiger partial charge is 0.468 e. The van der Waals surface area contributed by atoms with Crippen molar-refractivity contribution in [3.8, 4) is 0 Å². The zero-order chi connectivity index (χ0) is 92.9. The lowest BCUT2D eigenvalue weighted by molar-refractivity contribution is -0.160. The number of nitrogens with two attached hydrogens (primary N) is 1. The Labute approximate surface area is 781 Å². The zero-order valence-corrected chi connectivity index (χ0v) is 79.8. The van der Waals surface area contributed by atoms with Crippen LogP contribution in [0.4, 0.5) is 4.79 Å². The predicted molar refractivity (Wildman–Crippen MR) is 512 cm³/mol. The maximum Gasteiger partial charge on any atom is 0.408 e. The second kappa shape index (κ2) is 51.5. The fourth-order valence-electron chi connectivity index (χ4n) is 14.3. The van der Waals surface area contributed by atoms with Gasteiger partial charge in [-0.15, -0.1) is 12.4 Å². The van der Waals surface area contributed by atoms with Crippen molar-refractivity contribution in [2.45, 2.75) is 296 Å². The number of amides is 4. The van der Waals surface area contributed by atoms with Crippen LogP contribution in [-0.2, 0) is 111 Å². The minimum Gasteiger partial charge on any atom is -0.468 e. The maximum atomic E-state index is 13.8. The Morgan fingerprint density at radius 3 is 1.29 bits per heavy atom. The summed E-state index contributed by atoms with van der Waals surface area (Å²) in [7, 11) is 3.97. The second-order valence-corrected chi connectivity index (χ2v) is 39.0. The molecule has 13 rings (SSSR count). The number of aliphatic hydroxyl groups excluding tert-OH is 1. The van der Waals surface area contributed by atoms with Crippen molar-refractivity contribution >= 4 is 54.1 Å². The Bertz CT molecular complexity index is 4340. The molecule has 0 bridgehead atoms. The number of ether oxygens (including phenoxy) is 9. The highest BCUT2D eigenvalue weighted by molar-refractivity contribution is 6.02. The molecule has 0 radical (unpaired) electrons. The second-order valence-electron chi connectivity index (χ2n) is 39.0. The van der Waals surface area contributed by atoms with Gasteiger partial charge in [-0.2, -0.15) is 0 Å². The first-order valence-corrected chi connectivity index (χ1v) is 44.6. The summed E-state index contributed by atoms with van der Waals surface area (Å²) in [5.74, 6) is -1.79. The van der Waals surface area contributed by atoms with Crippen LogP contribution in [0.1, 0.15) is 203 Å². The van der Waals surface area contributed by atoms with Crippen LogP contribution in [0, 0.1) is 0 Å². The highest BCUT2D eigenvalue weighted by Gasteiger charge is 2.59. The number of carbonyl (C=O) groups is 7. The molecule has 6 atom stereocenters. The first kappa shape index (κ1) is 112. The Kier molecular flexibility index (Phi) is 44.2. The van der Waals surface area contributed by atoms with Crippen molar-refractivity contribution in [1.82, 2.24) is 46.2 Å². The molecule has 4 aliphatic carbocycles. The van der Waals surface area contributed by atoms with Gasteiger partial charge in [0.25, 0.3) is 0 Å². The van der Waals surface area contributed by atoms with Crippen LogP contribution >= 0.6 is 12.4 Å². The van der Waals surface area contributed by atoms with Crippen LogP contribution in [0.2, 0.25) is 0 Å². The van der Waals surface area contributed by atoms with Crippen molar-refractivity contribution in [3.63, 3.8) is 0 Å². The minimum atomic E-state index is -1.13. The molecular weight excluding hydrogens is 1670 g/mol. The lowest BCUT2D eigenvalue weighted by atomic mass is 10.0. The Morgan fingerprint density at radius 1 is 0.485 bits per heavy atom. The Balaban J connectivity index is 0.000000283. The van der Waals surface area contributed by atoms with Crippen molar-refractivity contribution < 1.29 is 81.3 Å². The van der Waals surface area contributed by atoms with E-state index in [1.54, 1.807) is 4.90 Å². The van der Waals surface area contributed by atoms with E-state index in [0.717, 1.165) is 81.0 Å². The number of hydrogen-bond donors (Lipinski definition) is 7. The van der Waals surface area contributed by atoms with Gasteiger partial charge < -0.3 is 84.5 Å². The number of hydrogen-bond acceptors (Lipinski definition) is 23. The van der Waals surface area contributed by atoms with Crippen molar-refractivity contribution in [3.05, 3.63) is 215 Å².